The van der Waals surface area contributed by atoms with E-state index < -0.39 is 18.2 Å². The van der Waals surface area contributed by atoms with Crippen LogP contribution in [0.1, 0.15) is 36.8 Å². The van der Waals surface area contributed by atoms with Crippen LogP contribution in [0.2, 0.25) is 0 Å². The Kier molecular flexibility index (Phi) is 10.2. The van der Waals surface area contributed by atoms with Crippen LogP contribution in [0.5, 0.6) is 0 Å². The number of anilines is 1. The summed E-state index contributed by atoms with van der Waals surface area (Å²) in [7, 11) is 0. The van der Waals surface area contributed by atoms with Crippen molar-refractivity contribution in [2.45, 2.75) is 56.7 Å². The van der Waals surface area contributed by atoms with Crippen LogP contribution < -0.4 is 5.32 Å². The van der Waals surface area contributed by atoms with Crippen LogP contribution >= 0.6 is 0 Å². The van der Waals surface area contributed by atoms with E-state index in [0.29, 0.717) is 51.6 Å². The number of carboxylic acids is 1. The van der Waals surface area contributed by atoms with Crippen molar-refractivity contribution in [3.63, 3.8) is 0 Å². The minimum Gasteiger partial charge on any atom is -0.480 e. The zero-order chi connectivity index (χ0) is 34.6. The lowest BCUT2D eigenvalue weighted by molar-refractivity contribution is -0.142. The molecule has 7 rings (SSSR count). The molecule has 0 aliphatic carbocycles. The number of amides is 4. The lowest BCUT2D eigenvalue weighted by Gasteiger charge is -2.43. The fourth-order valence-corrected chi connectivity index (χ4v) is 7.94. The van der Waals surface area contributed by atoms with Gasteiger partial charge in [0.1, 0.15) is 0 Å². The second-order valence-electron chi connectivity index (χ2n) is 13.9. The van der Waals surface area contributed by atoms with E-state index >= 15 is 0 Å². The molecule has 5 heterocycles. The molecule has 0 radical (unpaired) electrons. The molecule has 3 saturated heterocycles. The van der Waals surface area contributed by atoms with Gasteiger partial charge in [-0.05, 0) is 61.4 Å². The predicted octanol–water partition coefficient (Wildman–Crippen LogP) is 2.86. The number of piperidine rings is 2. The van der Waals surface area contributed by atoms with Crippen molar-refractivity contribution in [1.82, 2.24) is 34.7 Å². The van der Waals surface area contributed by atoms with Crippen LogP contribution in [0.4, 0.5) is 15.3 Å². The number of likely N-dealkylation sites (tertiary alicyclic amines) is 2. The molecule has 0 saturated carbocycles. The number of H-pyrrole nitrogens is 1. The summed E-state index contributed by atoms with van der Waals surface area (Å²) >= 11 is 0. The summed E-state index contributed by atoms with van der Waals surface area (Å²) in [6.45, 7) is 5.78. The second kappa shape index (κ2) is 15.1. The minimum atomic E-state index is -0.976. The number of fused-ring (bicyclic) bond motifs is 2. The quantitative estimate of drug-likeness (QED) is 0.325. The van der Waals surface area contributed by atoms with Gasteiger partial charge in [-0.15, -0.1) is 0 Å². The minimum absolute atomic E-state index is 0.00826. The van der Waals surface area contributed by atoms with Gasteiger partial charge in [0.2, 0.25) is 0 Å². The van der Waals surface area contributed by atoms with Crippen molar-refractivity contribution in [2.75, 3.05) is 70.8 Å². The lowest BCUT2D eigenvalue weighted by Crippen LogP contribution is -2.55. The second-order valence-corrected chi connectivity index (χ2v) is 13.9. The van der Waals surface area contributed by atoms with Gasteiger partial charge in [-0.2, -0.15) is 5.10 Å². The molecule has 4 amide bonds. The molecule has 50 heavy (non-hydrogen) atoms. The molecular formula is C36H46N8O6. The van der Waals surface area contributed by atoms with Crippen LogP contribution in [-0.4, -0.2) is 147 Å². The fourth-order valence-electron chi connectivity index (χ4n) is 7.94. The van der Waals surface area contributed by atoms with Crippen molar-refractivity contribution in [2.24, 2.45) is 0 Å². The Morgan fingerprint density at radius 1 is 0.880 bits per heavy atom. The average Bonchev–Trinajstić information content (AvgIpc) is 3.53. The number of aromatic amines is 1. The van der Waals surface area contributed by atoms with E-state index in [9.17, 15) is 19.2 Å². The summed E-state index contributed by atoms with van der Waals surface area (Å²) in [6.07, 6.45) is 4.17. The Morgan fingerprint density at radius 3 is 2.36 bits per heavy atom. The van der Waals surface area contributed by atoms with Crippen LogP contribution in [0.15, 0.2) is 48.7 Å². The Morgan fingerprint density at radius 2 is 1.60 bits per heavy atom. The molecule has 266 valence electrons. The first-order valence-electron chi connectivity index (χ1n) is 17.8. The topological polar surface area (TPSA) is 155 Å². The number of nitrogens with zero attached hydrogens (tertiary/aromatic N) is 6. The maximum atomic E-state index is 14.1. The van der Waals surface area contributed by atoms with Crippen molar-refractivity contribution < 1.29 is 29.0 Å². The number of ether oxygens (including phenoxy) is 1. The van der Waals surface area contributed by atoms with Gasteiger partial charge in [0.05, 0.1) is 18.3 Å². The van der Waals surface area contributed by atoms with Gasteiger partial charge in [0, 0.05) is 88.5 Å². The summed E-state index contributed by atoms with van der Waals surface area (Å²) < 4.78 is 6.07. The molecule has 2 aromatic carbocycles. The van der Waals surface area contributed by atoms with Crippen LogP contribution in [0.25, 0.3) is 10.9 Å². The zero-order valence-corrected chi connectivity index (χ0v) is 28.3. The number of carbonyl (C=O) groups is 4. The van der Waals surface area contributed by atoms with Crippen molar-refractivity contribution in [3.8, 4) is 0 Å². The molecule has 1 aromatic heterocycles. The number of hydrogen-bond acceptors (Lipinski definition) is 8. The van der Waals surface area contributed by atoms with Gasteiger partial charge in [0.15, 0.2) is 6.10 Å². The highest BCUT2D eigenvalue weighted by Gasteiger charge is 2.36. The van der Waals surface area contributed by atoms with E-state index in [1.54, 1.807) is 11.1 Å². The first-order valence-corrected chi connectivity index (χ1v) is 17.8. The van der Waals surface area contributed by atoms with E-state index in [4.69, 9.17) is 9.84 Å². The Balaban J connectivity index is 0.963. The standard InChI is InChI=1S/C36H46N8O6/c45-33(46)24-40-17-19-41(20-18-40)28-8-12-42(13-9-28)34(47)32(22-25-5-6-31-27(21-25)23-37-39-31)50-36(49)43-14-10-29(11-15-43)44-16-7-26-3-1-2-4-30(26)38-35(44)48/h1-6,21,23,28-29,32H,7-20,22,24H2,(H,37,39)(H,38,48)(H,45,46). The summed E-state index contributed by atoms with van der Waals surface area (Å²) in [5.74, 6) is -0.991. The van der Waals surface area contributed by atoms with Crippen molar-refractivity contribution in [3.05, 3.63) is 59.8 Å². The third-order valence-electron chi connectivity index (χ3n) is 10.8. The summed E-state index contributed by atoms with van der Waals surface area (Å²) in [5.41, 5.74) is 3.74. The monoisotopic (exact) mass is 686 g/mol. The fraction of sp³-hybridized carbons (Fsp3) is 0.528. The van der Waals surface area contributed by atoms with Crippen LogP contribution in [0, 0.1) is 0 Å². The lowest BCUT2D eigenvalue weighted by atomic mass is 10.00. The summed E-state index contributed by atoms with van der Waals surface area (Å²) in [4.78, 5) is 61.7. The normalized spacial score (nSPS) is 20.6. The molecule has 4 aliphatic heterocycles. The average molecular weight is 687 g/mol. The summed E-state index contributed by atoms with van der Waals surface area (Å²) in [5, 5.41) is 20.1. The SMILES string of the molecule is O=C(O)CN1CCN(C2CCN(C(=O)C(Cc3ccc4[nH]ncc4c3)OC(=O)N3CCC(N4CCc5ccccc5NC4=O)CC3)CC2)CC1. The first-order chi connectivity index (χ1) is 24.3. The largest absolute Gasteiger partial charge is 0.480 e. The van der Waals surface area contributed by atoms with E-state index in [1.807, 2.05) is 57.2 Å². The van der Waals surface area contributed by atoms with Gasteiger partial charge in [-0.1, -0.05) is 24.3 Å². The highest BCUT2D eigenvalue weighted by atomic mass is 16.6. The number of hydrogen-bond donors (Lipinski definition) is 3. The first kappa shape index (κ1) is 33.8. The molecule has 3 aromatic rings. The zero-order valence-electron chi connectivity index (χ0n) is 28.3. The van der Waals surface area contributed by atoms with Gasteiger partial charge in [-0.3, -0.25) is 24.5 Å². The number of aromatic nitrogens is 2. The molecule has 1 atom stereocenters. The number of nitrogens with one attached hydrogen (secondary N) is 2. The highest BCUT2D eigenvalue weighted by Crippen LogP contribution is 2.26. The smallest absolute Gasteiger partial charge is 0.410 e. The Labute approximate surface area is 291 Å². The van der Waals surface area contributed by atoms with Gasteiger partial charge in [-0.25, -0.2) is 9.59 Å². The third-order valence-corrected chi connectivity index (χ3v) is 10.8. The number of benzene rings is 2. The molecule has 14 heteroatoms. The molecule has 14 nitrogen and oxygen atoms in total. The molecule has 3 N–H and O–H groups in total. The molecule has 1 unspecified atom stereocenters. The van der Waals surface area contributed by atoms with Gasteiger partial charge < -0.3 is 29.9 Å². The van der Waals surface area contributed by atoms with E-state index in [0.717, 1.165) is 73.2 Å². The Bertz CT molecular complexity index is 1690. The van der Waals surface area contributed by atoms with Crippen molar-refractivity contribution >= 4 is 40.6 Å². The Hall–Kier alpha value is -4.69. The number of piperazine rings is 1. The predicted molar refractivity (Wildman–Crippen MR) is 186 cm³/mol. The third kappa shape index (κ3) is 7.71. The molecule has 0 bridgehead atoms. The highest BCUT2D eigenvalue weighted by molar-refractivity contribution is 5.91. The van der Waals surface area contributed by atoms with Crippen LogP contribution in [0.3, 0.4) is 0 Å². The molecule has 3 fully saturated rings. The van der Waals surface area contributed by atoms with E-state index in [1.165, 1.54) is 0 Å². The van der Waals surface area contributed by atoms with E-state index in [2.05, 4.69) is 20.4 Å². The number of urea groups is 1. The molecule has 4 aliphatic rings. The molecule has 0 spiro atoms. The number of rotatable bonds is 8. The van der Waals surface area contributed by atoms with Gasteiger partial charge >= 0.3 is 18.1 Å². The maximum Gasteiger partial charge on any atom is 0.410 e. The number of para-hydroxylation sites is 1. The van der Waals surface area contributed by atoms with Crippen molar-refractivity contribution in [1.29, 1.82) is 0 Å². The number of carboxylic acid groups (broad SMARTS) is 1. The number of aliphatic carboxylic acids is 1. The molecular weight excluding hydrogens is 640 g/mol. The maximum absolute atomic E-state index is 14.1. The van der Waals surface area contributed by atoms with Gasteiger partial charge in [0.25, 0.3) is 5.91 Å². The summed E-state index contributed by atoms with van der Waals surface area (Å²) in [6, 6.07) is 13.9. The number of carbonyl (C=O) groups excluding carboxylic acids is 3. The van der Waals surface area contributed by atoms with E-state index in [-0.39, 0.29) is 30.9 Å². The van der Waals surface area contributed by atoms with Crippen LogP contribution in [-0.2, 0) is 27.2 Å².